The number of aryl methyl sites for hydroxylation is 1. The van der Waals surface area contributed by atoms with Gasteiger partial charge in [0.1, 0.15) is 23.6 Å². The minimum atomic E-state index is -0.899. The van der Waals surface area contributed by atoms with Crippen LogP contribution in [0.15, 0.2) is 54.6 Å². The van der Waals surface area contributed by atoms with E-state index < -0.39 is 5.54 Å². The molecule has 1 aliphatic rings. The number of benzene rings is 2. The van der Waals surface area contributed by atoms with Crippen molar-refractivity contribution in [3.63, 3.8) is 0 Å². The number of carbonyl (C=O) groups excluding carboxylic acids is 2. The van der Waals surface area contributed by atoms with Gasteiger partial charge in [-0.25, -0.2) is 4.79 Å². The van der Waals surface area contributed by atoms with Crippen LogP contribution in [0.4, 0.5) is 4.79 Å². The van der Waals surface area contributed by atoms with Crippen LogP contribution in [0.3, 0.4) is 0 Å². The van der Waals surface area contributed by atoms with Crippen LogP contribution in [0, 0.1) is 0 Å². The summed E-state index contributed by atoms with van der Waals surface area (Å²) in [6.45, 7) is 2.25. The summed E-state index contributed by atoms with van der Waals surface area (Å²) in [6.07, 6.45) is 1.21. The lowest BCUT2D eigenvalue weighted by molar-refractivity contribution is -0.131. The van der Waals surface area contributed by atoms with Crippen molar-refractivity contribution in [3.8, 4) is 11.5 Å². The molecule has 27 heavy (non-hydrogen) atoms. The number of methoxy groups -OCH3 is 1. The lowest BCUT2D eigenvalue weighted by atomic mass is 9.93. The predicted molar refractivity (Wildman–Crippen MR) is 102 cm³/mol. The van der Waals surface area contributed by atoms with Gasteiger partial charge in [-0.05, 0) is 49.6 Å². The zero-order valence-electron chi connectivity index (χ0n) is 15.6. The maximum atomic E-state index is 12.8. The molecule has 0 aliphatic carbocycles. The fraction of sp³-hybridized carbons (Fsp3) is 0.333. The second-order valence-corrected chi connectivity index (χ2v) is 6.73. The highest BCUT2D eigenvalue weighted by molar-refractivity contribution is 6.06. The lowest BCUT2D eigenvalue weighted by Crippen LogP contribution is -2.44. The van der Waals surface area contributed by atoms with Crippen molar-refractivity contribution in [2.75, 3.05) is 20.3 Å². The maximum Gasteiger partial charge on any atom is 0.325 e. The molecule has 0 radical (unpaired) electrons. The monoisotopic (exact) mass is 368 g/mol. The van der Waals surface area contributed by atoms with Gasteiger partial charge in [-0.15, -0.1) is 0 Å². The second kappa shape index (κ2) is 8.12. The topological polar surface area (TPSA) is 67.9 Å². The minimum Gasteiger partial charge on any atom is -0.497 e. The van der Waals surface area contributed by atoms with Crippen LogP contribution in [0.5, 0.6) is 11.5 Å². The number of carbonyl (C=O) groups is 2. The SMILES string of the molecule is COc1ccc(CC[C@]2(C)NC(=O)N(CCOc3ccccc3)C2=O)cc1. The van der Waals surface area contributed by atoms with E-state index in [-0.39, 0.29) is 25.1 Å². The number of hydrogen-bond acceptors (Lipinski definition) is 4. The number of nitrogens with one attached hydrogen (secondary N) is 1. The van der Waals surface area contributed by atoms with E-state index in [1.807, 2.05) is 54.6 Å². The zero-order valence-corrected chi connectivity index (χ0v) is 15.6. The van der Waals surface area contributed by atoms with Crippen molar-refractivity contribution in [1.29, 1.82) is 0 Å². The van der Waals surface area contributed by atoms with Gasteiger partial charge in [-0.1, -0.05) is 30.3 Å². The summed E-state index contributed by atoms with van der Waals surface area (Å²) in [6, 6.07) is 16.7. The standard InChI is InChI=1S/C21H24N2O4/c1-21(13-12-16-8-10-17(26-2)11-9-16)19(24)23(20(25)22-21)14-15-27-18-6-4-3-5-7-18/h3-11H,12-15H2,1-2H3,(H,22,25)/t21-/m0/s1. The normalized spacial score (nSPS) is 19.1. The molecular formula is C21H24N2O4. The summed E-state index contributed by atoms with van der Waals surface area (Å²) in [5.74, 6) is 1.30. The fourth-order valence-corrected chi connectivity index (χ4v) is 3.08. The van der Waals surface area contributed by atoms with Crippen LogP contribution in [0.2, 0.25) is 0 Å². The molecule has 3 rings (SSSR count). The number of urea groups is 1. The molecular weight excluding hydrogens is 344 g/mol. The van der Waals surface area contributed by atoms with E-state index in [1.165, 1.54) is 4.90 Å². The van der Waals surface area contributed by atoms with Gasteiger partial charge in [0, 0.05) is 0 Å². The Hall–Kier alpha value is -3.02. The first-order valence-electron chi connectivity index (χ1n) is 8.97. The van der Waals surface area contributed by atoms with E-state index in [2.05, 4.69) is 5.32 Å². The summed E-state index contributed by atoms with van der Waals surface area (Å²) >= 11 is 0. The molecule has 0 spiro atoms. The Kier molecular flexibility index (Phi) is 5.64. The molecule has 2 aromatic carbocycles. The number of nitrogens with zero attached hydrogens (tertiary/aromatic N) is 1. The van der Waals surface area contributed by atoms with E-state index in [9.17, 15) is 9.59 Å². The smallest absolute Gasteiger partial charge is 0.325 e. The third-order valence-corrected chi connectivity index (χ3v) is 4.74. The first-order chi connectivity index (χ1) is 13.0. The van der Waals surface area contributed by atoms with Crippen molar-refractivity contribution >= 4 is 11.9 Å². The largest absolute Gasteiger partial charge is 0.497 e. The van der Waals surface area contributed by atoms with E-state index in [0.29, 0.717) is 18.6 Å². The van der Waals surface area contributed by atoms with Gasteiger partial charge in [0.25, 0.3) is 5.91 Å². The van der Waals surface area contributed by atoms with Gasteiger partial charge in [0.2, 0.25) is 0 Å². The molecule has 0 unspecified atom stereocenters. The van der Waals surface area contributed by atoms with Crippen molar-refractivity contribution in [1.82, 2.24) is 10.2 Å². The van der Waals surface area contributed by atoms with E-state index >= 15 is 0 Å². The Labute approximate surface area is 159 Å². The molecule has 1 atom stereocenters. The summed E-state index contributed by atoms with van der Waals surface area (Å²) in [5.41, 5.74) is 0.189. The highest BCUT2D eigenvalue weighted by Crippen LogP contribution is 2.24. The number of amides is 3. The third kappa shape index (κ3) is 4.39. The Morgan fingerprint density at radius 2 is 1.70 bits per heavy atom. The van der Waals surface area contributed by atoms with Crippen molar-refractivity contribution < 1.29 is 19.1 Å². The number of ether oxygens (including phenoxy) is 2. The highest BCUT2D eigenvalue weighted by atomic mass is 16.5. The molecule has 1 fully saturated rings. The summed E-state index contributed by atoms with van der Waals surface area (Å²) in [7, 11) is 1.62. The molecule has 1 aliphatic heterocycles. The van der Waals surface area contributed by atoms with Gasteiger partial charge in [-0.2, -0.15) is 0 Å². The Balaban J connectivity index is 1.54. The molecule has 6 heteroatoms. The third-order valence-electron chi connectivity index (χ3n) is 4.74. The molecule has 6 nitrogen and oxygen atoms in total. The van der Waals surface area contributed by atoms with Gasteiger partial charge in [0.05, 0.1) is 13.7 Å². The van der Waals surface area contributed by atoms with Gasteiger partial charge >= 0.3 is 6.03 Å². The average Bonchev–Trinajstić information content (AvgIpc) is 2.91. The Morgan fingerprint density at radius 3 is 2.37 bits per heavy atom. The van der Waals surface area contributed by atoms with Crippen molar-refractivity contribution in [3.05, 3.63) is 60.2 Å². The number of hydrogen-bond donors (Lipinski definition) is 1. The van der Waals surface area contributed by atoms with Crippen LogP contribution in [0.1, 0.15) is 18.9 Å². The maximum absolute atomic E-state index is 12.8. The molecule has 0 aromatic heterocycles. The van der Waals surface area contributed by atoms with Gasteiger partial charge < -0.3 is 14.8 Å². The highest BCUT2D eigenvalue weighted by Gasteiger charge is 2.47. The Morgan fingerprint density at radius 1 is 1.00 bits per heavy atom. The summed E-state index contributed by atoms with van der Waals surface area (Å²) < 4.78 is 10.8. The second-order valence-electron chi connectivity index (χ2n) is 6.73. The average molecular weight is 368 g/mol. The quantitative estimate of drug-likeness (QED) is 0.728. The minimum absolute atomic E-state index is 0.210. The molecule has 1 heterocycles. The molecule has 0 saturated carbocycles. The van der Waals surface area contributed by atoms with E-state index in [1.54, 1.807) is 14.0 Å². The van der Waals surface area contributed by atoms with Crippen LogP contribution < -0.4 is 14.8 Å². The molecule has 2 aromatic rings. The molecule has 1 N–H and O–H groups in total. The first kappa shape index (κ1) is 18.8. The Bertz CT molecular complexity index is 792. The van der Waals surface area contributed by atoms with Crippen molar-refractivity contribution in [2.45, 2.75) is 25.3 Å². The van der Waals surface area contributed by atoms with Crippen LogP contribution in [-0.2, 0) is 11.2 Å². The molecule has 142 valence electrons. The van der Waals surface area contributed by atoms with Crippen LogP contribution in [-0.4, -0.2) is 42.6 Å². The number of para-hydroxylation sites is 1. The van der Waals surface area contributed by atoms with Crippen molar-refractivity contribution in [2.24, 2.45) is 0 Å². The fourth-order valence-electron chi connectivity index (χ4n) is 3.08. The lowest BCUT2D eigenvalue weighted by Gasteiger charge is -2.21. The van der Waals surface area contributed by atoms with E-state index in [4.69, 9.17) is 9.47 Å². The predicted octanol–water partition coefficient (Wildman–Crippen LogP) is 3.02. The van der Waals surface area contributed by atoms with Crippen LogP contribution in [0.25, 0.3) is 0 Å². The van der Waals surface area contributed by atoms with Crippen LogP contribution >= 0.6 is 0 Å². The van der Waals surface area contributed by atoms with Gasteiger partial charge in [0.15, 0.2) is 0 Å². The summed E-state index contributed by atoms with van der Waals surface area (Å²) in [4.78, 5) is 26.3. The molecule has 0 bridgehead atoms. The van der Waals surface area contributed by atoms with E-state index in [0.717, 1.165) is 11.3 Å². The zero-order chi connectivity index (χ0) is 19.3. The van der Waals surface area contributed by atoms with Gasteiger partial charge in [-0.3, -0.25) is 9.69 Å². The number of imide groups is 1. The molecule has 3 amide bonds. The number of rotatable bonds is 8. The molecule has 1 saturated heterocycles. The first-order valence-corrected chi connectivity index (χ1v) is 8.97. The summed E-state index contributed by atoms with van der Waals surface area (Å²) in [5, 5.41) is 2.83.